The van der Waals surface area contributed by atoms with Gasteiger partial charge in [0.2, 0.25) is 16.0 Å². The molecule has 0 unspecified atom stereocenters. The molecule has 0 aliphatic carbocycles. The zero-order valence-electron chi connectivity index (χ0n) is 16.9. The first-order chi connectivity index (χ1) is 15.0. The predicted molar refractivity (Wildman–Crippen MR) is 118 cm³/mol. The molecule has 3 rings (SSSR count). The number of ether oxygens (including phenoxy) is 1. The number of hydrogen-bond donors (Lipinski definition) is 3. The molecule has 9 nitrogen and oxygen atoms in total. The molecule has 1 aromatic heterocycles. The molecule has 0 bridgehead atoms. The van der Waals surface area contributed by atoms with Crippen molar-refractivity contribution in [2.24, 2.45) is 0 Å². The lowest BCUT2D eigenvalue weighted by molar-refractivity contribution is 0.0526. The SMILES string of the molecule is CCOC(=O)c1cnc(NCCNS(=O)(=O)c2ccccc2)nc1Nc1ccccc1. The van der Waals surface area contributed by atoms with E-state index in [1.165, 1.54) is 18.3 Å². The Kier molecular flexibility index (Phi) is 7.52. The topological polar surface area (TPSA) is 122 Å². The summed E-state index contributed by atoms with van der Waals surface area (Å²) in [5.41, 5.74) is 0.939. The van der Waals surface area contributed by atoms with Gasteiger partial charge >= 0.3 is 5.97 Å². The summed E-state index contributed by atoms with van der Waals surface area (Å²) in [7, 11) is -3.59. The third-order valence-electron chi connectivity index (χ3n) is 4.07. The summed E-state index contributed by atoms with van der Waals surface area (Å²) < 4.78 is 32.1. The van der Waals surface area contributed by atoms with Crippen LogP contribution in [0, 0.1) is 0 Å². The Bertz CT molecular complexity index is 1110. The number of para-hydroxylation sites is 1. The lowest BCUT2D eigenvalue weighted by atomic mass is 10.2. The van der Waals surface area contributed by atoms with Crippen LogP contribution in [-0.4, -0.2) is 44.1 Å². The molecule has 162 valence electrons. The maximum absolute atomic E-state index is 12.3. The van der Waals surface area contributed by atoms with Crippen LogP contribution >= 0.6 is 0 Å². The molecule has 1 heterocycles. The summed E-state index contributed by atoms with van der Waals surface area (Å²) in [6.45, 7) is 2.32. The fourth-order valence-electron chi connectivity index (χ4n) is 2.62. The van der Waals surface area contributed by atoms with Gasteiger partial charge in [0.15, 0.2) is 5.82 Å². The van der Waals surface area contributed by atoms with E-state index in [1.807, 2.05) is 30.3 Å². The molecular formula is C21H23N5O4S. The van der Waals surface area contributed by atoms with Crippen molar-refractivity contribution in [2.75, 3.05) is 30.3 Å². The number of sulfonamides is 1. The van der Waals surface area contributed by atoms with Crippen LogP contribution in [0.3, 0.4) is 0 Å². The minimum Gasteiger partial charge on any atom is -0.462 e. The van der Waals surface area contributed by atoms with Crippen molar-refractivity contribution in [2.45, 2.75) is 11.8 Å². The van der Waals surface area contributed by atoms with Crippen LogP contribution in [0.5, 0.6) is 0 Å². The van der Waals surface area contributed by atoms with Gasteiger partial charge in [-0.3, -0.25) is 0 Å². The smallest absolute Gasteiger partial charge is 0.343 e. The fraction of sp³-hybridized carbons (Fsp3) is 0.190. The van der Waals surface area contributed by atoms with Crippen LogP contribution in [0.15, 0.2) is 71.8 Å². The summed E-state index contributed by atoms with van der Waals surface area (Å²) in [4.78, 5) is 20.9. The maximum Gasteiger partial charge on any atom is 0.343 e. The highest BCUT2D eigenvalue weighted by molar-refractivity contribution is 7.89. The first-order valence-electron chi connectivity index (χ1n) is 9.64. The number of carbonyl (C=O) groups is 1. The lowest BCUT2D eigenvalue weighted by Crippen LogP contribution is -2.29. The van der Waals surface area contributed by atoms with E-state index >= 15 is 0 Å². The second-order valence-corrected chi connectivity index (χ2v) is 8.07. The number of aromatic nitrogens is 2. The summed E-state index contributed by atoms with van der Waals surface area (Å²) >= 11 is 0. The van der Waals surface area contributed by atoms with E-state index in [1.54, 1.807) is 25.1 Å². The van der Waals surface area contributed by atoms with Gasteiger partial charge in [0.05, 0.1) is 11.5 Å². The summed E-state index contributed by atoms with van der Waals surface area (Å²) in [5, 5.41) is 6.04. The third-order valence-corrected chi connectivity index (χ3v) is 5.55. The molecule has 0 fully saturated rings. The number of anilines is 3. The fourth-order valence-corrected chi connectivity index (χ4v) is 3.67. The standard InChI is InChI=1S/C21H23N5O4S/c1-2-30-20(27)18-15-23-21(26-19(18)25-16-9-5-3-6-10-16)22-13-14-24-31(28,29)17-11-7-4-8-12-17/h3-12,15,24H,2,13-14H2,1H3,(H2,22,23,25,26). The van der Waals surface area contributed by atoms with Crippen LogP contribution in [0.4, 0.5) is 17.5 Å². The normalized spacial score (nSPS) is 11.0. The average Bonchev–Trinajstić information content (AvgIpc) is 2.78. The van der Waals surface area contributed by atoms with Gasteiger partial charge in [-0.2, -0.15) is 4.98 Å². The van der Waals surface area contributed by atoms with E-state index in [2.05, 4.69) is 25.3 Å². The Labute approximate surface area is 180 Å². The van der Waals surface area contributed by atoms with Crippen LogP contribution in [0.25, 0.3) is 0 Å². The van der Waals surface area contributed by atoms with Crippen molar-refractivity contribution in [1.29, 1.82) is 0 Å². The lowest BCUT2D eigenvalue weighted by Gasteiger charge is -2.13. The van der Waals surface area contributed by atoms with Crippen molar-refractivity contribution in [3.63, 3.8) is 0 Å². The Morgan fingerprint density at radius 2 is 1.68 bits per heavy atom. The first-order valence-corrected chi connectivity index (χ1v) is 11.1. The number of nitrogens with zero attached hydrogens (tertiary/aromatic N) is 2. The number of hydrogen-bond acceptors (Lipinski definition) is 8. The number of rotatable bonds is 10. The van der Waals surface area contributed by atoms with Gasteiger partial charge in [-0.1, -0.05) is 36.4 Å². The Morgan fingerprint density at radius 3 is 2.35 bits per heavy atom. The van der Waals surface area contributed by atoms with E-state index < -0.39 is 16.0 Å². The predicted octanol–water partition coefficient (Wildman–Crippen LogP) is 2.79. The van der Waals surface area contributed by atoms with Crippen molar-refractivity contribution >= 4 is 33.4 Å². The molecule has 0 spiro atoms. The molecular weight excluding hydrogens is 418 g/mol. The number of esters is 1. The van der Waals surface area contributed by atoms with Gasteiger partial charge in [-0.25, -0.2) is 22.9 Å². The minimum atomic E-state index is -3.59. The molecule has 2 aromatic carbocycles. The molecule has 0 saturated heterocycles. The van der Waals surface area contributed by atoms with Crippen molar-refractivity contribution in [3.8, 4) is 0 Å². The van der Waals surface area contributed by atoms with Crippen molar-refractivity contribution in [3.05, 3.63) is 72.4 Å². The Balaban J connectivity index is 1.67. The third kappa shape index (κ3) is 6.24. The number of nitrogens with one attached hydrogen (secondary N) is 3. The van der Waals surface area contributed by atoms with Crippen LogP contribution in [0.2, 0.25) is 0 Å². The van der Waals surface area contributed by atoms with Gasteiger partial charge in [0, 0.05) is 25.0 Å². The maximum atomic E-state index is 12.3. The Hall–Kier alpha value is -3.50. The van der Waals surface area contributed by atoms with Gasteiger partial charge in [-0.15, -0.1) is 0 Å². The number of benzene rings is 2. The second kappa shape index (κ2) is 10.5. The van der Waals surface area contributed by atoms with Gasteiger partial charge in [-0.05, 0) is 31.2 Å². The van der Waals surface area contributed by atoms with Crippen LogP contribution in [0.1, 0.15) is 17.3 Å². The zero-order chi connectivity index (χ0) is 22.1. The molecule has 3 N–H and O–H groups in total. The van der Waals surface area contributed by atoms with Gasteiger partial charge < -0.3 is 15.4 Å². The molecule has 10 heteroatoms. The van der Waals surface area contributed by atoms with E-state index in [0.29, 0.717) is 0 Å². The highest BCUT2D eigenvalue weighted by Crippen LogP contribution is 2.20. The number of carbonyl (C=O) groups excluding carboxylic acids is 1. The Morgan fingerprint density at radius 1 is 1.00 bits per heavy atom. The zero-order valence-corrected chi connectivity index (χ0v) is 17.7. The monoisotopic (exact) mass is 441 g/mol. The van der Waals surface area contributed by atoms with E-state index in [4.69, 9.17) is 4.74 Å². The van der Waals surface area contributed by atoms with Crippen LogP contribution < -0.4 is 15.4 Å². The summed E-state index contributed by atoms with van der Waals surface area (Å²) in [6.07, 6.45) is 1.37. The first kappa shape index (κ1) is 22.2. The molecule has 3 aromatic rings. The molecule has 0 amide bonds. The molecule has 0 aliphatic heterocycles. The molecule has 0 aliphatic rings. The van der Waals surface area contributed by atoms with Crippen LogP contribution in [-0.2, 0) is 14.8 Å². The minimum absolute atomic E-state index is 0.127. The molecule has 31 heavy (non-hydrogen) atoms. The van der Waals surface area contributed by atoms with Gasteiger partial charge in [0.25, 0.3) is 0 Å². The molecule has 0 radical (unpaired) electrons. The highest BCUT2D eigenvalue weighted by Gasteiger charge is 2.17. The summed E-state index contributed by atoms with van der Waals surface area (Å²) in [5.74, 6) is -0.0134. The van der Waals surface area contributed by atoms with Crippen molar-refractivity contribution in [1.82, 2.24) is 14.7 Å². The van der Waals surface area contributed by atoms with Gasteiger partial charge in [0.1, 0.15) is 5.56 Å². The quantitative estimate of drug-likeness (QED) is 0.324. The summed E-state index contributed by atoms with van der Waals surface area (Å²) in [6, 6.07) is 17.4. The largest absolute Gasteiger partial charge is 0.462 e. The second-order valence-electron chi connectivity index (χ2n) is 6.30. The average molecular weight is 442 g/mol. The van der Waals surface area contributed by atoms with E-state index in [-0.39, 0.29) is 41.9 Å². The molecule has 0 atom stereocenters. The van der Waals surface area contributed by atoms with E-state index in [9.17, 15) is 13.2 Å². The molecule has 0 saturated carbocycles. The van der Waals surface area contributed by atoms with Crippen molar-refractivity contribution < 1.29 is 17.9 Å². The van der Waals surface area contributed by atoms with E-state index in [0.717, 1.165) is 5.69 Å². The highest BCUT2D eigenvalue weighted by atomic mass is 32.2.